The van der Waals surface area contributed by atoms with E-state index in [0.29, 0.717) is 13.2 Å². The molecule has 0 aliphatic carbocycles. The van der Waals surface area contributed by atoms with Crippen molar-refractivity contribution in [3.63, 3.8) is 0 Å². The normalized spacial score (nSPS) is 11.3. The van der Waals surface area contributed by atoms with Crippen LogP contribution in [-0.2, 0) is 11.3 Å². The van der Waals surface area contributed by atoms with Crippen LogP contribution in [0.2, 0.25) is 0 Å². The van der Waals surface area contributed by atoms with Gasteiger partial charge in [0.25, 0.3) is 0 Å². The number of benzene rings is 1. The van der Waals surface area contributed by atoms with E-state index in [2.05, 4.69) is 22.5 Å². The molecule has 0 saturated heterocycles. The van der Waals surface area contributed by atoms with E-state index in [1.165, 1.54) is 19.3 Å². The minimum atomic E-state index is 0.550. The lowest BCUT2D eigenvalue weighted by Gasteiger charge is -2.12. The first-order chi connectivity index (χ1) is 10.8. The summed E-state index contributed by atoms with van der Waals surface area (Å²) >= 11 is 0. The maximum absolute atomic E-state index is 5.67. The number of methoxy groups -OCH3 is 1. The van der Waals surface area contributed by atoms with Crippen LogP contribution in [0.5, 0.6) is 5.75 Å². The number of guanidine groups is 1. The van der Waals surface area contributed by atoms with Crippen molar-refractivity contribution in [1.82, 2.24) is 10.6 Å². The third-order valence-electron chi connectivity index (χ3n) is 3.29. The lowest BCUT2D eigenvalue weighted by Crippen LogP contribution is -2.39. The first kappa shape index (κ1) is 18.3. The van der Waals surface area contributed by atoms with Crippen molar-refractivity contribution in [2.24, 2.45) is 4.99 Å². The Morgan fingerprint density at radius 3 is 2.64 bits per heavy atom. The number of ether oxygens (including phenoxy) is 2. The van der Waals surface area contributed by atoms with Crippen molar-refractivity contribution in [3.05, 3.63) is 29.8 Å². The second-order valence-corrected chi connectivity index (χ2v) is 5.00. The fraction of sp³-hybridized carbons (Fsp3) is 0.588. The van der Waals surface area contributed by atoms with E-state index >= 15 is 0 Å². The highest BCUT2D eigenvalue weighted by atomic mass is 16.5. The fourth-order valence-electron chi connectivity index (χ4n) is 2.05. The minimum absolute atomic E-state index is 0.550. The van der Waals surface area contributed by atoms with Gasteiger partial charge in [0.2, 0.25) is 0 Å². The van der Waals surface area contributed by atoms with Gasteiger partial charge in [-0.3, -0.25) is 4.99 Å². The summed E-state index contributed by atoms with van der Waals surface area (Å²) in [4.78, 5) is 4.19. The third kappa shape index (κ3) is 7.31. The number of hydrogen-bond donors (Lipinski definition) is 2. The minimum Gasteiger partial charge on any atom is -0.496 e. The van der Waals surface area contributed by atoms with Gasteiger partial charge < -0.3 is 20.1 Å². The molecule has 5 heteroatoms. The molecule has 5 nitrogen and oxygen atoms in total. The van der Waals surface area contributed by atoms with Crippen molar-refractivity contribution >= 4 is 5.96 Å². The Hall–Kier alpha value is -1.75. The maximum Gasteiger partial charge on any atom is 0.191 e. The summed E-state index contributed by atoms with van der Waals surface area (Å²) in [5.41, 5.74) is 1.06. The molecular formula is C17H29N3O2. The van der Waals surface area contributed by atoms with Gasteiger partial charge in [0.1, 0.15) is 5.75 Å². The number of hydrogen-bond acceptors (Lipinski definition) is 3. The second-order valence-electron chi connectivity index (χ2n) is 5.00. The van der Waals surface area contributed by atoms with Crippen molar-refractivity contribution < 1.29 is 9.47 Å². The van der Waals surface area contributed by atoms with Gasteiger partial charge in [0.05, 0.1) is 20.3 Å². The first-order valence-corrected chi connectivity index (χ1v) is 7.96. The summed E-state index contributed by atoms with van der Waals surface area (Å²) in [6.45, 7) is 5.05. The van der Waals surface area contributed by atoms with Crippen LogP contribution in [0.4, 0.5) is 0 Å². The summed E-state index contributed by atoms with van der Waals surface area (Å²) in [7, 11) is 3.46. The smallest absolute Gasteiger partial charge is 0.191 e. The largest absolute Gasteiger partial charge is 0.496 e. The second kappa shape index (κ2) is 11.9. The molecule has 0 aliphatic heterocycles. The number of aliphatic imine (C=N–C) groups is 1. The molecule has 0 bridgehead atoms. The van der Waals surface area contributed by atoms with E-state index in [1.54, 1.807) is 14.2 Å². The van der Waals surface area contributed by atoms with E-state index in [1.807, 2.05) is 24.3 Å². The Bertz CT molecular complexity index is 436. The Morgan fingerprint density at radius 2 is 1.91 bits per heavy atom. The van der Waals surface area contributed by atoms with E-state index in [0.717, 1.165) is 30.4 Å². The van der Waals surface area contributed by atoms with Crippen LogP contribution < -0.4 is 15.4 Å². The fourth-order valence-corrected chi connectivity index (χ4v) is 2.05. The Balaban J connectivity index is 2.16. The molecule has 0 aromatic heterocycles. The van der Waals surface area contributed by atoms with Gasteiger partial charge >= 0.3 is 0 Å². The van der Waals surface area contributed by atoms with Crippen molar-refractivity contribution in [2.45, 2.75) is 32.8 Å². The van der Waals surface area contributed by atoms with Crippen LogP contribution in [0.15, 0.2) is 29.3 Å². The molecule has 124 valence electrons. The summed E-state index contributed by atoms with van der Waals surface area (Å²) in [6, 6.07) is 7.90. The maximum atomic E-state index is 5.67. The molecule has 0 atom stereocenters. The standard InChI is InChI=1S/C17H29N3O2/c1-4-5-8-11-19-17(18-2)20-12-13-22-14-15-9-6-7-10-16(15)21-3/h6-7,9-10H,4-5,8,11-14H2,1-3H3,(H2,18,19,20). The molecule has 1 rings (SSSR count). The van der Waals surface area contributed by atoms with Crippen LogP contribution in [-0.4, -0.2) is 39.8 Å². The molecule has 1 aromatic carbocycles. The predicted octanol–water partition coefficient (Wildman–Crippen LogP) is 2.57. The monoisotopic (exact) mass is 307 g/mol. The van der Waals surface area contributed by atoms with Crippen molar-refractivity contribution in [2.75, 3.05) is 33.9 Å². The van der Waals surface area contributed by atoms with Gasteiger partial charge in [0, 0.05) is 25.7 Å². The number of nitrogens with one attached hydrogen (secondary N) is 2. The number of para-hydroxylation sites is 1. The molecule has 2 N–H and O–H groups in total. The topological polar surface area (TPSA) is 54.9 Å². The van der Waals surface area contributed by atoms with Crippen LogP contribution in [0.3, 0.4) is 0 Å². The van der Waals surface area contributed by atoms with Gasteiger partial charge in [-0.1, -0.05) is 38.0 Å². The lowest BCUT2D eigenvalue weighted by molar-refractivity contribution is 0.123. The molecule has 0 amide bonds. The van der Waals surface area contributed by atoms with E-state index in [-0.39, 0.29) is 0 Å². The summed E-state index contributed by atoms with van der Waals surface area (Å²) in [5.74, 6) is 1.70. The summed E-state index contributed by atoms with van der Waals surface area (Å²) < 4.78 is 11.0. The van der Waals surface area contributed by atoms with Gasteiger partial charge in [-0.15, -0.1) is 0 Å². The van der Waals surface area contributed by atoms with Crippen molar-refractivity contribution in [3.8, 4) is 5.75 Å². The number of nitrogens with zero attached hydrogens (tertiary/aromatic N) is 1. The average Bonchev–Trinajstić information content (AvgIpc) is 2.56. The molecule has 0 saturated carbocycles. The average molecular weight is 307 g/mol. The highest BCUT2D eigenvalue weighted by Crippen LogP contribution is 2.17. The Morgan fingerprint density at radius 1 is 1.14 bits per heavy atom. The number of rotatable bonds is 10. The molecule has 0 radical (unpaired) electrons. The zero-order valence-corrected chi connectivity index (χ0v) is 14.0. The van der Waals surface area contributed by atoms with E-state index < -0.39 is 0 Å². The molecule has 1 aromatic rings. The van der Waals surface area contributed by atoms with E-state index in [4.69, 9.17) is 9.47 Å². The van der Waals surface area contributed by atoms with Gasteiger partial charge in [0.15, 0.2) is 5.96 Å². The number of unbranched alkanes of at least 4 members (excludes halogenated alkanes) is 2. The van der Waals surface area contributed by atoms with Crippen LogP contribution in [0, 0.1) is 0 Å². The highest BCUT2D eigenvalue weighted by molar-refractivity contribution is 5.79. The molecule has 0 unspecified atom stereocenters. The first-order valence-electron chi connectivity index (χ1n) is 7.96. The highest BCUT2D eigenvalue weighted by Gasteiger charge is 2.01. The lowest BCUT2D eigenvalue weighted by atomic mass is 10.2. The molecule has 0 fully saturated rings. The zero-order chi connectivity index (χ0) is 16.0. The van der Waals surface area contributed by atoms with Crippen LogP contribution >= 0.6 is 0 Å². The van der Waals surface area contributed by atoms with Crippen LogP contribution in [0.1, 0.15) is 31.7 Å². The van der Waals surface area contributed by atoms with Gasteiger partial charge in [-0.2, -0.15) is 0 Å². The Kier molecular flexibility index (Phi) is 9.87. The molecule has 0 spiro atoms. The molecule has 0 heterocycles. The Labute approximate surface area is 134 Å². The molecular weight excluding hydrogens is 278 g/mol. The summed E-state index contributed by atoms with van der Waals surface area (Å²) in [5, 5.41) is 6.54. The third-order valence-corrected chi connectivity index (χ3v) is 3.29. The molecule has 22 heavy (non-hydrogen) atoms. The predicted molar refractivity (Wildman–Crippen MR) is 91.5 cm³/mol. The van der Waals surface area contributed by atoms with Crippen molar-refractivity contribution in [1.29, 1.82) is 0 Å². The SMILES string of the molecule is CCCCCNC(=NC)NCCOCc1ccccc1OC. The van der Waals surface area contributed by atoms with Gasteiger partial charge in [-0.25, -0.2) is 0 Å². The van der Waals surface area contributed by atoms with E-state index in [9.17, 15) is 0 Å². The zero-order valence-electron chi connectivity index (χ0n) is 14.0. The van der Waals surface area contributed by atoms with Crippen LogP contribution in [0.25, 0.3) is 0 Å². The van der Waals surface area contributed by atoms with Gasteiger partial charge in [-0.05, 0) is 12.5 Å². The summed E-state index contributed by atoms with van der Waals surface area (Å²) in [6.07, 6.45) is 3.64. The quantitative estimate of drug-likeness (QED) is 0.396. The molecule has 0 aliphatic rings.